The van der Waals surface area contributed by atoms with E-state index >= 15 is 0 Å². The Morgan fingerprint density at radius 2 is 1.69 bits per heavy atom. The monoisotopic (exact) mass is 471 g/mol. The van der Waals surface area contributed by atoms with Crippen LogP contribution in [0.4, 0.5) is 10.5 Å². The molecule has 4 rings (SSSR count). The third-order valence-corrected chi connectivity index (χ3v) is 6.01. The minimum Gasteiger partial charge on any atom is -0.492 e. The Morgan fingerprint density at radius 3 is 2.34 bits per heavy atom. The first kappa shape index (κ1) is 24.0. The minimum atomic E-state index is -0.756. The first-order valence-electron chi connectivity index (χ1n) is 11.8. The maximum atomic E-state index is 13.2. The molecule has 1 N–H and O–H groups in total. The second-order valence-corrected chi connectivity index (χ2v) is 8.68. The number of nitrogens with zero attached hydrogens (tertiary/aromatic N) is 2. The lowest BCUT2D eigenvalue weighted by Crippen LogP contribution is -2.54. The van der Waals surface area contributed by atoms with E-state index < -0.39 is 17.8 Å². The topological polar surface area (TPSA) is 80.6 Å². The zero-order valence-corrected chi connectivity index (χ0v) is 20.2. The van der Waals surface area contributed by atoms with Crippen LogP contribution in [0.3, 0.4) is 0 Å². The van der Waals surface area contributed by atoms with Crippen LogP contribution in [0.25, 0.3) is 6.08 Å². The van der Waals surface area contributed by atoms with Crippen molar-refractivity contribution >= 4 is 29.6 Å². The van der Waals surface area contributed by atoms with E-state index in [9.17, 15) is 14.4 Å². The van der Waals surface area contributed by atoms with Crippen molar-refractivity contribution < 1.29 is 19.1 Å². The molecule has 0 aliphatic carbocycles. The van der Waals surface area contributed by atoms with Gasteiger partial charge in [0.2, 0.25) is 0 Å². The maximum absolute atomic E-state index is 13.2. The van der Waals surface area contributed by atoms with Gasteiger partial charge in [-0.1, -0.05) is 45.0 Å². The molecule has 3 aromatic rings. The fourth-order valence-corrected chi connectivity index (χ4v) is 3.89. The molecule has 0 radical (unpaired) electrons. The molecule has 0 bridgehead atoms. The Hall–Kier alpha value is -4.13. The number of aryl methyl sites for hydroxylation is 1. The van der Waals surface area contributed by atoms with Crippen LogP contribution in [0.1, 0.15) is 43.5 Å². The zero-order valence-electron chi connectivity index (χ0n) is 20.2. The zero-order chi connectivity index (χ0) is 24.9. The number of carbonyl (C=O) groups excluding carboxylic acids is 3. The molecule has 4 amide bonds. The van der Waals surface area contributed by atoms with Crippen molar-refractivity contribution in [2.24, 2.45) is 0 Å². The quantitative estimate of drug-likeness (QED) is 0.374. The van der Waals surface area contributed by atoms with Gasteiger partial charge >= 0.3 is 6.03 Å². The number of hydrogen-bond acceptors (Lipinski definition) is 4. The summed E-state index contributed by atoms with van der Waals surface area (Å²) < 4.78 is 7.76. The van der Waals surface area contributed by atoms with Crippen molar-refractivity contribution in [3.63, 3.8) is 0 Å². The predicted molar refractivity (Wildman–Crippen MR) is 135 cm³/mol. The van der Waals surface area contributed by atoms with Gasteiger partial charge in [0.15, 0.2) is 0 Å². The number of rotatable bonds is 8. The third kappa shape index (κ3) is 5.35. The molecule has 7 nitrogen and oxygen atoms in total. The lowest BCUT2D eigenvalue weighted by molar-refractivity contribution is -0.122. The average molecular weight is 472 g/mol. The number of nitrogens with one attached hydrogen (secondary N) is 1. The number of urea groups is 1. The standard InChI is InChI=1S/C28H29N3O4/c1-4-20-7-11-22(12-8-20)31-27(33)25(26(32)29-28(31)34)18-23-6-5-15-30(23)16-17-35-24-13-9-21(10-14-24)19(2)3/h5-15,18-19H,4,16-17H2,1-3H3,(H,29,32,34). The van der Waals surface area contributed by atoms with Crippen molar-refractivity contribution in [3.8, 4) is 5.75 Å². The lowest BCUT2D eigenvalue weighted by atomic mass is 10.0. The van der Waals surface area contributed by atoms with Crippen molar-refractivity contribution in [2.45, 2.75) is 39.7 Å². The van der Waals surface area contributed by atoms with Crippen LogP contribution >= 0.6 is 0 Å². The highest BCUT2D eigenvalue weighted by molar-refractivity contribution is 6.39. The number of imide groups is 2. The predicted octanol–water partition coefficient (Wildman–Crippen LogP) is 4.92. The molecule has 0 atom stereocenters. The maximum Gasteiger partial charge on any atom is 0.335 e. The van der Waals surface area contributed by atoms with Crippen LogP contribution in [0.2, 0.25) is 0 Å². The molecule has 7 heteroatoms. The first-order valence-corrected chi connectivity index (χ1v) is 11.8. The summed E-state index contributed by atoms with van der Waals surface area (Å²) in [5.74, 6) is -0.124. The van der Waals surface area contributed by atoms with Gasteiger partial charge in [0.05, 0.1) is 12.2 Å². The molecule has 1 aromatic heterocycles. The summed E-state index contributed by atoms with van der Waals surface area (Å²) in [7, 11) is 0. The molecule has 35 heavy (non-hydrogen) atoms. The number of benzene rings is 2. The fourth-order valence-electron chi connectivity index (χ4n) is 3.89. The lowest BCUT2D eigenvalue weighted by Gasteiger charge is -2.26. The smallest absolute Gasteiger partial charge is 0.335 e. The highest BCUT2D eigenvalue weighted by atomic mass is 16.5. The van der Waals surface area contributed by atoms with Crippen LogP contribution in [-0.2, 0) is 22.6 Å². The van der Waals surface area contributed by atoms with E-state index in [-0.39, 0.29) is 5.57 Å². The molecular formula is C28H29N3O4. The van der Waals surface area contributed by atoms with Crippen molar-refractivity contribution in [1.29, 1.82) is 0 Å². The van der Waals surface area contributed by atoms with E-state index in [4.69, 9.17) is 4.74 Å². The molecule has 0 saturated carbocycles. The van der Waals surface area contributed by atoms with Gasteiger partial charge in [-0.15, -0.1) is 0 Å². The normalized spacial score (nSPS) is 15.1. The molecule has 2 heterocycles. The minimum absolute atomic E-state index is 0.102. The Bertz CT molecular complexity index is 1250. The van der Waals surface area contributed by atoms with E-state index in [1.165, 1.54) is 11.6 Å². The first-order chi connectivity index (χ1) is 16.9. The van der Waals surface area contributed by atoms with E-state index in [0.29, 0.717) is 30.5 Å². The largest absolute Gasteiger partial charge is 0.492 e. The third-order valence-electron chi connectivity index (χ3n) is 6.01. The van der Waals surface area contributed by atoms with Gasteiger partial charge in [0.25, 0.3) is 11.8 Å². The van der Waals surface area contributed by atoms with E-state index in [0.717, 1.165) is 22.6 Å². The number of ether oxygens (including phenoxy) is 1. The van der Waals surface area contributed by atoms with Crippen LogP contribution in [0.5, 0.6) is 5.75 Å². The molecule has 180 valence electrons. The summed E-state index contributed by atoms with van der Waals surface area (Å²) in [6, 6.07) is 18.0. The SMILES string of the molecule is CCc1ccc(N2C(=O)NC(=O)C(=Cc3cccn3CCOc3ccc(C(C)C)cc3)C2=O)cc1. The van der Waals surface area contributed by atoms with Crippen molar-refractivity contribution in [1.82, 2.24) is 9.88 Å². The highest BCUT2D eigenvalue weighted by Crippen LogP contribution is 2.23. The number of hydrogen-bond donors (Lipinski definition) is 1. The number of aromatic nitrogens is 1. The Balaban J connectivity index is 1.48. The summed E-state index contributed by atoms with van der Waals surface area (Å²) in [6.07, 6.45) is 4.21. The van der Waals surface area contributed by atoms with E-state index in [1.54, 1.807) is 12.1 Å². The molecule has 1 saturated heterocycles. The van der Waals surface area contributed by atoms with Gasteiger partial charge in [-0.05, 0) is 65.9 Å². The van der Waals surface area contributed by atoms with Gasteiger partial charge in [-0.25, -0.2) is 9.69 Å². The molecule has 2 aromatic carbocycles. The second kappa shape index (κ2) is 10.4. The number of amides is 4. The number of carbonyl (C=O) groups is 3. The summed E-state index contributed by atoms with van der Waals surface area (Å²) in [5, 5.41) is 2.27. The van der Waals surface area contributed by atoms with Crippen LogP contribution in [-0.4, -0.2) is 29.0 Å². The summed E-state index contributed by atoms with van der Waals surface area (Å²) in [6.45, 7) is 7.25. The van der Waals surface area contributed by atoms with Gasteiger partial charge < -0.3 is 9.30 Å². The summed E-state index contributed by atoms with van der Waals surface area (Å²) in [5.41, 5.74) is 3.31. The van der Waals surface area contributed by atoms with Crippen LogP contribution in [0.15, 0.2) is 72.4 Å². The molecule has 0 unspecified atom stereocenters. The van der Waals surface area contributed by atoms with Gasteiger partial charge in [0, 0.05) is 11.9 Å². The molecule has 0 spiro atoms. The van der Waals surface area contributed by atoms with Gasteiger partial charge in [0.1, 0.15) is 17.9 Å². The van der Waals surface area contributed by atoms with Crippen LogP contribution < -0.4 is 15.0 Å². The molecular weight excluding hydrogens is 442 g/mol. The molecule has 1 aliphatic rings. The average Bonchev–Trinajstić information content (AvgIpc) is 3.29. The molecule has 1 aliphatic heterocycles. The Morgan fingerprint density at radius 1 is 0.971 bits per heavy atom. The number of barbiturate groups is 1. The second-order valence-electron chi connectivity index (χ2n) is 8.68. The van der Waals surface area contributed by atoms with E-state index in [2.05, 4.69) is 31.3 Å². The number of anilines is 1. The Labute approximate surface area is 205 Å². The van der Waals surface area contributed by atoms with Crippen molar-refractivity contribution in [2.75, 3.05) is 11.5 Å². The van der Waals surface area contributed by atoms with E-state index in [1.807, 2.05) is 54.1 Å². The fraction of sp³-hybridized carbons (Fsp3) is 0.250. The summed E-state index contributed by atoms with van der Waals surface area (Å²) >= 11 is 0. The highest BCUT2D eigenvalue weighted by Gasteiger charge is 2.36. The van der Waals surface area contributed by atoms with Crippen molar-refractivity contribution in [3.05, 3.63) is 89.3 Å². The van der Waals surface area contributed by atoms with Gasteiger partial charge in [-0.2, -0.15) is 0 Å². The van der Waals surface area contributed by atoms with Gasteiger partial charge in [-0.3, -0.25) is 14.9 Å². The molecule has 1 fully saturated rings. The van der Waals surface area contributed by atoms with Crippen LogP contribution in [0, 0.1) is 0 Å². The summed E-state index contributed by atoms with van der Waals surface area (Å²) in [4.78, 5) is 39.1. The Kier molecular flexibility index (Phi) is 7.15.